The van der Waals surface area contributed by atoms with Gasteiger partial charge in [-0.1, -0.05) is 24.3 Å². The van der Waals surface area contributed by atoms with Gasteiger partial charge in [0.15, 0.2) is 0 Å². The molecule has 2 aromatic rings. The first kappa shape index (κ1) is 16.8. The zero-order valence-corrected chi connectivity index (χ0v) is 13.7. The second-order valence-electron chi connectivity index (χ2n) is 6.08. The van der Waals surface area contributed by atoms with Gasteiger partial charge < -0.3 is 15.5 Å². The number of nitro groups is 1. The van der Waals surface area contributed by atoms with E-state index in [0.717, 1.165) is 19.5 Å². The number of anilines is 2. The Balaban J connectivity index is 1.47. The number of amides is 2. The largest absolute Gasteiger partial charge is 0.371 e. The highest BCUT2D eigenvalue weighted by Crippen LogP contribution is 2.23. The number of hydrogen-bond acceptors (Lipinski definition) is 4. The number of nitrogens with one attached hydrogen (secondary N) is 2. The van der Waals surface area contributed by atoms with Gasteiger partial charge in [-0.25, -0.2) is 4.79 Å². The molecule has 0 bridgehead atoms. The standard InChI is InChI=1S/C18H20N4O3/c23-18(20-15-5-4-8-17(11-15)22(24)25)19-12-14-9-10-21(13-14)16-6-2-1-3-7-16/h1-8,11,14H,9-10,12-13H2,(H2,19,20,23)/t14-/m0/s1. The maximum absolute atomic E-state index is 12.0. The molecule has 0 aromatic heterocycles. The number of urea groups is 1. The average Bonchev–Trinajstić information content (AvgIpc) is 3.10. The summed E-state index contributed by atoms with van der Waals surface area (Å²) in [4.78, 5) is 24.6. The van der Waals surface area contributed by atoms with E-state index in [1.54, 1.807) is 12.1 Å². The molecule has 2 amide bonds. The Bertz CT molecular complexity index is 751. The molecular formula is C18H20N4O3. The number of hydrogen-bond donors (Lipinski definition) is 2. The van der Waals surface area contributed by atoms with Gasteiger partial charge in [-0.3, -0.25) is 10.1 Å². The van der Waals surface area contributed by atoms with Crippen LogP contribution in [-0.2, 0) is 0 Å². The van der Waals surface area contributed by atoms with Gasteiger partial charge in [0.2, 0.25) is 0 Å². The minimum absolute atomic E-state index is 0.0490. The third kappa shape index (κ3) is 4.47. The van der Waals surface area contributed by atoms with Crippen LogP contribution in [0, 0.1) is 16.0 Å². The summed E-state index contributed by atoms with van der Waals surface area (Å²) in [5, 5.41) is 16.2. The van der Waals surface area contributed by atoms with Gasteiger partial charge in [0.05, 0.1) is 4.92 Å². The summed E-state index contributed by atoms with van der Waals surface area (Å²) in [6, 6.07) is 15.8. The molecule has 0 aliphatic carbocycles. The number of rotatable bonds is 5. The molecule has 130 valence electrons. The lowest BCUT2D eigenvalue weighted by Gasteiger charge is -2.18. The molecule has 0 unspecified atom stereocenters. The highest BCUT2D eigenvalue weighted by Gasteiger charge is 2.23. The summed E-state index contributed by atoms with van der Waals surface area (Å²) in [6.45, 7) is 2.45. The number of para-hydroxylation sites is 1. The van der Waals surface area contributed by atoms with Crippen molar-refractivity contribution in [3.8, 4) is 0 Å². The second kappa shape index (κ2) is 7.65. The van der Waals surface area contributed by atoms with Gasteiger partial charge in [0.25, 0.3) is 5.69 Å². The van der Waals surface area contributed by atoms with Gasteiger partial charge in [0.1, 0.15) is 0 Å². The first-order valence-electron chi connectivity index (χ1n) is 8.21. The Labute approximate surface area is 145 Å². The van der Waals surface area contributed by atoms with Crippen LogP contribution < -0.4 is 15.5 Å². The van der Waals surface area contributed by atoms with E-state index in [4.69, 9.17) is 0 Å². The fourth-order valence-electron chi connectivity index (χ4n) is 2.98. The van der Waals surface area contributed by atoms with Crippen LogP contribution in [-0.4, -0.2) is 30.6 Å². The number of benzene rings is 2. The van der Waals surface area contributed by atoms with E-state index in [1.165, 1.54) is 17.8 Å². The molecule has 3 rings (SSSR count). The van der Waals surface area contributed by atoms with Gasteiger partial charge in [0, 0.05) is 43.1 Å². The number of non-ortho nitro benzene ring substituents is 1. The second-order valence-corrected chi connectivity index (χ2v) is 6.08. The van der Waals surface area contributed by atoms with E-state index in [0.29, 0.717) is 18.2 Å². The Hall–Kier alpha value is -3.09. The lowest BCUT2D eigenvalue weighted by molar-refractivity contribution is -0.384. The summed E-state index contributed by atoms with van der Waals surface area (Å²) < 4.78 is 0. The molecule has 1 atom stereocenters. The van der Waals surface area contributed by atoms with Crippen molar-refractivity contribution in [1.82, 2.24) is 5.32 Å². The molecule has 25 heavy (non-hydrogen) atoms. The molecule has 2 N–H and O–H groups in total. The van der Waals surface area contributed by atoms with Crippen molar-refractivity contribution in [3.05, 3.63) is 64.7 Å². The Morgan fingerprint density at radius 2 is 2.00 bits per heavy atom. The maximum atomic E-state index is 12.0. The maximum Gasteiger partial charge on any atom is 0.319 e. The van der Waals surface area contributed by atoms with Crippen molar-refractivity contribution in [2.75, 3.05) is 29.9 Å². The zero-order valence-electron chi connectivity index (χ0n) is 13.7. The van der Waals surface area contributed by atoms with E-state index < -0.39 is 4.92 Å². The van der Waals surface area contributed by atoms with E-state index in [9.17, 15) is 14.9 Å². The predicted molar refractivity (Wildman–Crippen MR) is 96.9 cm³/mol. The minimum atomic E-state index is -0.486. The molecule has 7 nitrogen and oxygen atoms in total. The van der Waals surface area contributed by atoms with Crippen LogP contribution in [0.3, 0.4) is 0 Å². The first-order chi connectivity index (χ1) is 12.1. The third-order valence-corrected chi connectivity index (χ3v) is 4.27. The molecular weight excluding hydrogens is 320 g/mol. The third-order valence-electron chi connectivity index (χ3n) is 4.27. The lowest BCUT2D eigenvalue weighted by atomic mass is 10.1. The summed E-state index contributed by atoms with van der Waals surface area (Å²) in [5.41, 5.74) is 1.56. The van der Waals surface area contributed by atoms with Crippen molar-refractivity contribution in [3.63, 3.8) is 0 Å². The number of carbonyl (C=O) groups is 1. The fourth-order valence-corrected chi connectivity index (χ4v) is 2.98. The molecule has 0 spiro atoms. The van der Waals surface area contributed by atoms with Crippen LogP contribution in [0.5, 0.6) is 0 Å². The summed E-state index contributed by atoms with van der Waals surface area (Å²) in [6.07, 6.45) is 1.02. The van der Waals surface area contributed by atoms with E-state index in [2.05, 4.69) is 27.7 Å². The van der Waals surface area contributed by atoms with Gasteiger partial charge in [-0.2, -0.15) is 0 Å². The molecule has 1 fully saturated rings. The monoisotopic (exact) mass is 340 g/mol. The summed E-state index contributed by atoms with van der Waals surface area (Å²) >= 11 is 0. The first-order valence-corrected chi connectivity index (χ1v) is 8.21. The SMILES string of the molecule is O=C(NC[C@@H]1CCN(c2ccccc2)C1)Nc1cccc([N+](=O)[O-])c1. The molecule has 1 saturated heterocycles. The average molecular weight is 340 g/mol. The summed E-state index contributed by atoms with van der Waals surface area (Å²) in [5.74, 6) is 0.385. The van der Waals surface area contributed by atoms with Crippen LogP contribution >= 0.6 is 0 Å². The van der Waals surface area contributed by atoms with Gasteiger partial charge in [-0.15, -0.1) is 0 Å². The molecule has 2 aromatic carbocycles. The highest BCUT2D eigenvalue weighted by atomic mass is 16.6. The number of nitrogens with zero attached hydrogens (tertiary/aromatic N) is 2. The van der Waals surface area contributed by atoms with Crippen LogP contribution in [0.1, 0.15) is 6.42 Å². The summed E-state index contributed by atoms with van der Waals surface area (Å²) in [7, 11) is 0. The number of carbonyl (C=O) groups excluding carboxylic acids is 1. The highest BCUT2D eigenvalue weighted by molar-refractivity contribution is 5.89. The van der Waals surface area contributed by atoms with Crippen LogP contribution in [0.25, 0.3) is 0 Å². The van der Waals surface area contributed by atoms with Crippen molar-refractivity contribution in [1.29, 1.82) is 0 Å². The topological polar surface area (TPSA) is 87.5 Å². The van der Waals surface area contributed by atoms with Crippen molar-refractivity contribution in [2.24, 2.45) is 5.92 Å². The van der Waals surface area contributed by atoms with Crippen molar-refractivity contribution in [2.45, 2.75) is 6.42 Å². The normalized spacial score (nSPS) is 16.5. The van der Waals surface area contributed by atoms with Crippen molar-refractivity contribution < 1.29 is 9.72 Å². The van der Waals surface area contributed by atoms with Crippen LogP contribution in [0.15, 0.2) is 54.6 Å². The molecule has 7 heteroatoms. The molecule has 1 aliphatic rings. The van der Waals surface area contributed by atoms with E-state index in [-0.39, 0.29) is 11.7 Å². The fraction of sp³-hybridized carbons (Fsp3) is 0.278. The van der Waals surface area contributed by atoms with Gasteiger partial charge in [-0.05, 0) is 30.5 Å². The number of nitro benzene ring substituents is 1. The Kier molecular flexibility index (Phi) is 5.13. The van der Waals surface area contributed by atoms with Crippen LogP contribution in [0.4, 0.5) is 21.9 Å². The predicted octanol–water partition coefficient (Wildman–Crippen LogP) is 3.24. The van der Waals surface area contributed by atoms with E-state index in [1.807, 2.05) is 18.2 Å². The van der Waals surface area contributed by atoms with Gasteiger partial charge >= 0.3 is 6.03 Å². The van der Waals surface area contributed by atoms with Crippen molar-refractivity contribution >= 4 is 23.1 Å². The molecule has 1 heterocycles. The quantitative estimate of drug-likeness (QED) is 0.646. The smallest absolute Gasteiger partial charge is 0.319 e. The Morgan fingerprint density at radius 1 is 1.20 bits per heavy atom. The zero-order chi connectivity index (χ0) is 17.6. The Morgan fingerprint density at radius 3 is 2.76 bits per heavy atom. The molecule has 0 radical (unpaired) electrons. The molecule has 0 saturated carbocycles. The van der Waals surface area contributed by atoms with E-state index >= 15 is 0 Å². The lowest BCUT2D eigenvalue weighted by Crippen LogP contribution is -2.34. The van der Waals surface area contributed by atoms with Crippen LogP contribution in [0.2, 0.25) is 0 Å². The molecule has 1 aliphatic heterocycles. The minimum Gasteiger partial charge on any atom is -0.371 e.